The molecule has 29 heavy (non-hydrogen) atoms. The number of benzene rings is 3. The Kier molecular flexibility index (Phi) is 7.35. The summed E-state index contributed by atoms with van der Waals surface area (Å²) in [4.78, 5) is 0. The second-order valence-corrected chi connectivity index (χ2v) is 7.05. The first-order valence-corrected chi connectivity index (χ1v) is 9.79. The molecule has 0 radical (unpaired) electrons. The van der Waals surface area contributed by atoms with Crippen molar-refractivity contribution in [1.82, 2.24) is 0 Å². The molecule has 2 N–H and O–H groups in total. The minimum absolute atomic E-state index is 0.0976. The standard InChI is InChI=1S/C22H19F2N3OS/c23-19-8-4-7-17(11-19)14-28-21-12-20(24)10-9-18(21)13-26-27-22(25)29-15-16-5-2-1-3-6-16/h1-13H,14-15H2,(H2,25,27). The molecule has 0 saturated heterocycles. The fourth-order valence-corrected chi connectivity index (χ4v) is 3.05. The van der Waals surface area contributed by atoms with Crippen molar-refractivity contribution in [3.8, 4) is 5.75 Å². The van der Waals surface area contributed by atoms with Gasteiger partial charge in [-0.2, -0.15) is 5.10 Å². The van der Waals surface area contributed by atoms with Crippen LogP contribution in [0.2, 0.25) is 0 Å². The summed E-state index contributed by atoms with van der Waals surface area (Å²) < 4.78 is 32.5. The highest BCUT2D eigenvalue weighted by Gasteiger charge is 2.05. The summed E-state index contributed by atoms with van der Waals surface area (Å²) in [6.07, 6.45) is 1.44. The van der Waals surface area contributed by atoms with Crippen LogP contribution in [0.4, 0.5) is 8.78 Å². The van der Waals surface area contributed by atoms with Crippen molar-refractivity contribution in [3.05, 3.63) is 101 Å². The lowest BCUT2D eigenvalue weighted by atomic mass is 10.2. The molecule has 3 aromatic rings. The minimum atomic E-state index is -0.446. The van der Waals surface area contributed by atoms with Crippen molar-refractivity contribution in [1.29, 1.82) is 0 Å². The second kappa shape index (κ2) is 10.4. The molecular formula is C22H19F2N3OS. The highest BCUT2D eigenvalue weighted by atomic mass is 32.2. The summed E-state index contributed by atoms with van der Waals surface area (Å²) in [7, 11) is 0. The van der Waals surface area contributed by atoms with E-state index >= 15 is 0 Å². The number of nitrogens with zero attached hydrogens (tertiary/aromatic N) is 2. The van der Waals surface area contributed by atoms with Crippen LogP contribution in [0.15, 0.2) is 83.0 Å². The summed E-state index contributed by atoms with van der Waals surface area (Å²) >= 11 is 1.37. The first-order chi connectivity index (χ1) is 14.1. The molecule has 3 aromatic carbocycles. The van der Waals surface area contributed by atoms with Gasteiger partial charge in [-0.1, -0.05) is 54.2 Å². The van der Waals surface area contributed by atoms with E-state index in [1.54, 1.807) is 12.1 Å². The van der Waals surface area contributed by atoms with Crippen molar-refractivity contribution in [3.63, 3.8) is 0 Å². The van der Waals surface area contributed by atoms with E-state index in [1.165, 1.54) is 48.3 Å². The third-order valence-electron chi connectivity index (χ3n) is 3.84. The Hall–Kier alpha value is -3.19. The third-order valence-corrected chi connectivity index (χ3v) is 4.70. The fourth-order valence-electron chi connectivity index (χ4n) is 2.44. The predicted molar refractivity (Wildman–Crippen MR) is 114 cm³/mol. The molecule has 0 bridgehead atoms. The van der Waals surface area contributed by atoms with Gasteiger partial charge in [0.05, 0.1) is 6.21 Å². The van der Waals surface area contributed by atoms with Crippen LogP contribution in [0.1, 0.15) is 16.7 Å². The first-order valence-electron chi connectivity index (χ1n) is 8.80. The van der Waals surface area contributed by atoms with Crippen molar-refractivity contribution in [2.24, 2.45) is 15.9 Å². The molecule has 0 aromatic heterocycles. The van der Waals surface area contributed by atoms with Gasteiger partial charge in [0.1, 0.15) is 24.0 Å². The van der Waals surface area contributed by atoms with Gasteiger partial charge < -0.3 is 10.5 Å². The van der Waals surface area contributed by atoms with E-state index in [1.807, 2.05) is 30.3 Å². The molecular weight excluding hydrogens is 392 g/mol. The van der Waals surface area contributed by atoms with Crippen LogP contribution in [0, 0.1) is 11.6 Å². The maximum atomic E-state index is 13.6. The molecule has 4 nitrogen and oxygen atoms in total. The van der Waals surface area contributed by atoms with Crippen LogP contribution in [0.5, 0.6) is 5.75 Å². The average molecular weight is 411 g/mol. The zero-order chi connectivity index (χ0) is 20.5. The lowest BCUT2D eigenvalue weighted by Crippen LogP contribution is -2.06. The summed E-state index contributed by atoms with van der Waals surface area (Å²) in [6, 6.07) is 20.0. The van der Waals surface area contributed by atoms with Gasteiger partial charge in [-0.25, -0.2) is 8.78 Å². The van der Waals surface area contributed by atoms with Crippen molar-refractivity contribution >= 4 is 23.1 Å². The van der Waals surface area contributed by atoms with Crippen LogP contribution >= 0.6 is 11.8 Å². The normalized spacial score (nSPS) is 11.7. The number of amidine groups is 1. The van der Waals surface area contributed by atoms with Gasteiger partial charge in [0.2, 0.25) is 0 Å². The van der Waals surface area contributed by atoms with Gasteiger partial charge in [0.15, 0.2) is 5.17 Å². The SMILES string of the molecule is NC(=NN=Cc1ccc(F)cc1OCc1cccc(F)c1)SCc1ccccc1. The molecule has 3 rings (SSSR count). The quantitative estimate of drug-likeness (QED) is 0.333. The van der Waals surface area contributed by atoms with Crippen molar-refractivity contribution in [2.75, 3.05) is 0 Å². The third kappa shape index (κ3) is 6.73. The molecule has 0 atom stereocenters. The molecule has 0 heterocycles. The molecule has 148 valence electrons. The number of nitrogens with two attached hydrogens (primary N) is 1. The zero-order valence-electron chi connectivity index (χ0n) is 15.5. The van der Waals surface area contributed by atoms with Gasteiger partial charge in [-0.15, -0.1) is 5.10 Å². The maximum Gasteiger partial charge on any atom is 0.180 e. The Morgan fingerprint density at radius 3 is 2.48 bits per heavy atom. The molecule has 0 fully saturated rings. The number of rotatable bonds is 7. The second-order valence-electron chi connectivity index (χ2n) is 6.06. The van der Waals surface area contributed by atoms with Crippen LogP contribution in [-0.2, 0) is 12.4 Å². The van der Waals surface area contributed by atoms with Crippen LogP contribution in [-0.4, -0.2) is 11.4 Å². The molecule has 0 aliphatic rings. The topological polar surface area (TPSA) is 60.0 Å². The molecule has 0 unspecified atom stereocenters. The Morgan fingerprint density at radius 2 is 1.69 bits per heavy atom. The van der Waals surface area contributed by atoms with Crippen molar-refractivity contribution < 1.29 is 13.5 Å². The highest BCUT2D eigenvalue weighted by molar-refractivity contribution is 8.13. The summed E-state index contributed by atoms with van der Waals surface area (Å²) in [5.74, 6) is 0.163. The van der Waals surface area contributed by atoms with E-state index in [0.29, 0.717) is 22.0 Å². The monoisotopic (exact) mass is 411 g/mol. The molecule has 0 amide bonds. The van der Waals surface area contributed by atoms with E-state index in [2.05, 4.69) is 10.2 Å². The van der Waals surface area contributed by atoms with Gasteiger partial charge in [0.25, 0.3) is 0 Å². The Labute approximate surface area is 172 Å². The number of halogens is 2. The van der Waals surface area contributed by atoms with E-state index in [9.17, 15) is 8.78 Å². The van der Waals surface area contributed by atoms with Crippen LogP contribution in [0.3, 0.4) is 0 Å². The Morgan fingerprint density at radius 1 is 0.931 bits per heavy atom. The summed E-state index contributed by atoms with van der Waals surface area (Å²) in [5, 5.41) is 8.24. The van der Waals surface area contributed by atoms with Crippen molar-refractivity contribution in [2.45, 2.75) is 12.4 Å². The molecule has 0 aliphatic heterocycles. The number of thioether (sulfide) groups is 1. The highest BCUT2D eigenvalue weighted by Crippen LogP contribution is 2.20. The van der Waals surface area contributed by atoms with E-state index < -0.39 is 5.82 Å². The van der Waals surface area contributed by atoms with Gasteiger partial charge in [-0.05, 0) is 35.4 Å². The lowest BCUT2D eigenvalue weighted by molar-refractivity contribution is 0.303. The Bertz CT molecular complexity index is 1010. The molecule has 0 aliphatic carbocycles. The van der Waals surface area contributed by atoms with E-state index in [4.69, 9.17) is 10.5 Å². The Balaban J connectivity index is 1.63. The smallest absolute Gasteiger partial charge is 0.180 e. The fraction of sp³-hybridized carbons (Fsp3) is 0.0909. The van der Waals surface area contributed by atoms with Gasteiger partial charge in [0, 0.05) is 17.4 Å². The predicted octanol–water partition coefficient (Wildman–Crippen LogP) is 5.13. The number of hydrogen-bond acceptors (Lipinski definition) is 4. The number of hydrogen-bond donors (Lipinski definition) is 1. The van der Waals surface area contributed by atoms with Gasteiger partial charge >= 0.3 is 0 Å². The molecule has 0 saturated carbocycles. The molecule has 7 heteroatoms. The summed E-state index contributed by atoms with van der Waals surface area (Å²) in [5.41, 5.74) is 8.17. The van der Waals surface area contributed by atoms with E-state index in [0.717, 1.165) is 5.56 Å². The molecule has 0 spiro atoms. The zero-order valence-corrected chi connectivity index (χ0v) is 16.3. The van der Waals surface area contributed by atoms with Crippen LogP contribution < -0.4 is 10.5 Å². The van der Waals surface area contributed by atoms with Gasteiger partial charge in [-0.3, -0.25) is 0 Å². The largest absolute Gasteiger partial charge is 0.488 e. The maximum absolute atomic E-state index is 13.6. The van der Waals surface area contributed by atoms with Crippen LogP contribution in [0.25, 0.3) is 0 Å². The first kappa shape index (κ1) is 20.5. The van der Waals surface area contributed by atoms with E-state index in [-0.39, 0.29) is 18.2 Å². The average Bonchev–Trinajstić information content (AvgIpc) is 2.73. The summed E-state index contributed by atoms with van der Waals surface area (Å²) in [6.45, 7) is 0.0976. The minimum Gasteiger partial charge on any atom is -0.488 e. The number of ether oxygens (including phenoxy) is 1. The lowest BCUT2D eigenvalue weighted by Gasteiger charge is -2.09.